The fourth-order valence-electron chi connectivity index (χ4n) is 4.14. The van der Waals surface area contributed by atoms with Gasteiger partial charge in [0.2, 0.25) is 0 Å². The van der Waals surface area contributed by atoms with E-state index in [1.54, 1.807) is 0 Å². The first kappa shape index (κ1) is 14.3. The van der Waals surface area contributed by atoms with E-state index < -0.39 is 16.8 Å². The second kappa shape index (κ2) is 4.19. The highest BCUT2D eigenvalue weighted by atomic mass is 16.4. The topological polar surface area (TPSA) is 60.7 Å². The normalized spacial score (nSPS) is 49.8. The molecule has 2 aliphatic carbocycles. The van der Waals surface area contributed by atoms with Crippen molar-refractivity contribution in [3.63, 3.8) is 0 Å². The summed E-state index contributed by atoms with van der Waals surface area (Å²) in [6.07, 6.45) is 3.82. The van der Waals surface area contributed by atoms with Crippen molar-refractivity contribution in [3.05, 3.63) is 0 Å². The minimum atomic E-state index is -1.03. The van der Waals surface area contributed by atoms with Gasteiger partial charge in [-0.25, -0.2) is 0 Å². The van der Waals surface area contributed by atoms with Gasteiger partial charge in [-0.05, 0) is 63.7 Å². The summed E-state index contributed by atoms with van der Waals surface area (Å²) in [5.41, 5.74) is -2.79. The molecule has 0 spiro atoms. The van der Waals surface area contributed by atoms with E-state index in [2.05, 4.69) is 0 Å². The molecule has 0 aromatic carbocycles. The summed E-state index contributed by atoms with van der Waals surface area (Å²) in [6.45, 7) is 7.69. The van der Waals surface area contributed by atoms with Gasteiger partial charge in [0.15, 0.2) is 0 Å². The molecular formula is C15H28O3. The fourth-order valence-corrected chi connectivity index (χ4v) is 4.14. The maximum absolute atomic E-state index is 11.1. The van der Waals surface area contributed by atoms with Gasteiger partial charge < -0.3 is 15.3 Å². The predicted octanol–water partition coefficient (Wildman–Crippen LogP) is 2.09. The molecule has 2 fully saturated rings. The number of hydrogen-bond acceptors (Lipinski definition) is 3. The molecule has 0 radical (unpaired) electrons. The number of rotatable bonds is 1. The Labute approximate surface area is 110 Å². The van der Waals surface area contributed by atoms with Crippen LogP contribution < -0.4 is 0 Å². The third kappa shape index (κ3) is 1.91. The zero-order chi connectivity index (χ0) is 13.8. The maximum Gasteiger partial charge on any atom is 0.0965 e. The van der Waals surface area contributed by atoms with Crippen molar-refractivity contribution >= 4 is 0 Å². The highest BCUT2D eigenvalue weighted by Crippen LogP contribution is 2.55. The lowest BCUT2D eigenvalue weighted by Gasteiger charge is -2.44. The molecule has 0 amide bonds. The minimum Gasteiger partial charge on any atom is -0.390 e. The lowest BCUT2D eigenvalue weighted by molar-refractivity contribution is -0.180. The standard InChI is InChI=1S/C15H28O3/c1-10-5-6-12(13(3,4)16)9-15(18)11(2)7-8-14(10,15)17/h10-12,16-18H,5-9H2,1-4H3. The van der Waals surface area contributed by atoms with Crippen LogP contribution >= 0.6 is 0 Å². The molecule has 3 nitrogen and oxygen atoms in total. The van der Waals surface area contributed by atoms with Crippen molar-refractivity contribution in [2.24, 2.45) is 17.8 Å². The van der Waals surface area contributed by atoms with Crippen LogP contribution in [0, 0.1) is 17.8 Å². The largest absolute Gasteiger partial charge is 0.390 e. The molecule has 2 saturated carbocycles. The molecule has 5 atom stereocenters. The van der Waals surface area contributed by atoms with E-state index in [1.165, 1.54) is 0 Å². The Morgan fingerprint density at radius 1 is 0.944 bits per heavy atom. The molecule has 0 heterocycles. The second-order valence-corrected chi connectivity index (χ2v) is 7.32. The summed E-state index contributed by atoms with van der Waals surface area (Å²) in [5.74, 6) is 0.257. The van der Waals surface area contributed by atoms with Crippen LogP contribution in [0.2, 0.25) is 0 Å². The van der Waals surface area contributed by atoms with Gasteiger partial charge >= 0.3 is 0 Å². The zero-order valence-corrected chi connectivity index (χ0v) is 12.1. The molecule has 0 aromatic heterocycles. The minimum absolute atomic E-state index is 0.0551. The predicted molar refractivity (Wildman–Crippen MR) is 71.1 cm³/mol. The Morgan fingerprint density at radius 2 is 1.50 bits per heavy atom. The van der Waals surface area contributed by atoms with E-state index in [9.17, 15) is 15.3 Å². The molecule has 2 rings (SSSR count). The smallest absolute Gasteiger partial charge is 0.0965 e. The Hall–Kier alpha value is -0.120. The lowest BCUT2D eigenvalue weighted by Crippen LogP contribution is -2.57. The first-order valence-corrected chi connectivity index (χ1v) is 7.28. The van der Waals surface area contributed by atoms with Gasteiger partial charge in [0.05, 0.1) is 16.8 Å². The van der Waals surface area contributed by atoms with Gasteiger partial charge in [0.1, 0.15) is 0 Å². The average Bonchev–Trinajstić information content (AvgIpc) is 2.41. The van der Waals surface area contributed by atoms with Crippen LogP contribution in [-0.2, 0) is 0 Å². The Morgan fingerprint density at radius 3 is 2.06 bits per heavy atom. The summed E-state index contributed by atoms with van der Waals surface area (Å²) < 4.78 is 0. The van der Waals surface area contributed by atoms with E-state index in [0.717, 1.165) is 19.3 Å². The highest BCUT2D eigenvalue weighted by Gasteiger charge is 2.61. The van der Waals surface area contributed by atoms with E-state index in [0.29, 0.717) is 12.8 Å². The third-order valence-corrected chi connectivity index (χ3v) is 5.84. The summed E-state index contributed by atoms with van der Waals surface area (Å²) in [7, 11) is 0. The van der Waals surface area contributed by atoms with Gasteiger partial charge in [-0.15, -0.1) is 0 Å². The van der Waals surface area contributed by atoms with Crippen LogP contribution in [0.1, 0.15) is 59.8 Å². The van der Waals surface area contributed by atoms with Crippen LogP contribution in [0.4, 0.5) is 0 Å². The van der Waals surface area contributed by atoms with Gasteiger partial charge in [0, 0.05) is 0 Å². The van der Waals surface area contributed by atoms with Gasteiger partial charge in [-0.3, -0.25) is 0 Å². The molecule has 18 heavy (non-hydrogen) atoms. The Balaban J connectivity index is 2.36. The first-order chi connectivity index (χ1) is 8.11. The van der Waals surface area contributed by atoms with Crippen molar-refractivity contribution in [1.29, 1.82) is 0 Å². The number of fused-ring (bicyclic) bond motifs is 1. The second-order valence-electron chi connectivity index (χ2n) is 7.32. The van der Waals surface area contributed by atoms with Gasteiger partial charge in [-0.1, -0.05) is 13.8 Å². The molecule has 2 aliphatic rings. The molecule has 0 aromatic rings. The summed E-state index contributed by atoms with van der Waals surface area (Å²) in [5, 5.41) is 32.3. The van der Waals surface area contributed by atoms with Gasteiger partial charge in [-0.2, -0.15) is 0 Å². The van der Waals surface area contributed by atoms with E-state index >= 15 is 0 Å². The van der Waals surface area contributed by atoms with E-state index in [-0.39, 0.29) is 17.8 Å². The molecule has 106 valence electrons. The third-order valence-electron chi connectivity index (χ3n) is 5.84. The van der Waals surface area contributed by atoms with Crippen LogP contribution in [0.5, 0.6) is 0 Å². The Bertz CT molecular complexity index is 322. The molecule has 3 N–H and O–H groups in total. The van der Waals surface area contributed by atoms with E-state index in [4.69, 9.17) is 0 Å². The molecule has 0 saturated heterocycles. The van der Waals surface area contributed by atoms with Crippen LogP contribution in [0.3, 0.4) is 0 Å². The van der Waals surface area contributed by atoms with Crippen LogP contribution in [-0.4, -0.2) is 32.1 Å². The van der Waals surface area contributed by atoms with Gasteiger partial charge in [0.25, 0.3) is 0 Å². The Kier molecular flexibility index (Phi) is 3.33. The SMILES string of the molecule is CC1CCC(C(C)(C)O)CC2(O)C(C)CCC12O. The van der Waals surface area contributed by atoms with Crippen LogP contribution in [0.15, 0.2) is 0 Å². The molecule has 3 heteroatoms. The summed E-state index contributed by atoms with van der Waals surface area (Å²) >= 11 is 0. The molecule has 0 aliphatic heterocycles. The van der Waals surface area contributed by atoms with Crippen molar-refractivity contribution in [2.75, 3.05) is 0 Å². The first-order valence-electron chi connectivity index (χ1n) is 7.28. The number of hydrogen-bond donors (Lipinski definition) is 3. The highest BCUT2D eigenvalue weighted by molar-refractivity contribution is 5.13. The van der Waals surface area contributed by atoms with Crippen molar-refractivity contribution in [3.8, 4) is 0 Å². The summed E-state index contributed by atoms with van der Waals surface area (Å²) in [6, 6.07) is 0. The van der Waals surface area contributed by atoms with Crippen molar-refractivity contribution < 1.29 is 15.3 Å². The monoisotopic (exact) mass is 256 g/mol. The fraction of sp³-hybridized carbons (Fsp3) is 1.00. The molecular weight excluding hydrogens is 228 g/mol. The quantitative estimate of drug-likeness (QED) is 0.673. The van der Waals surface area contributed by atoms with E-state index in [1.807, 2.05) is 27.7 Å². The lowest BCUT2D eigenvalue weighted by atomic mass is 9.71. The number of aliphatic hydroxyl groups is 3. The average molecular weight is 256 g/mol. The summed E-state index contributed by atoms with van der Waals surface area (Å²) in [4.78, 5) is 0. The van der Waals surface area contributed by atoms with Crippen LogP contribution in [0.25, 0.3) is 0 Å². The zero-order valence-electron chi connectivity index (χ0n) is 12.1. The van der Waals surface area contributed by atoms with Crippen molar-refractivity contribution in [2.45, 2.75) is 76.6 Å². The molecule has 5 unspecified atom stereocenters. The molecule has 0 bridgehead atoms. The maximum atomic E-state index is 11.1. The van der Waals surface area contributed by atoms with Crippen molar-refractivity contribution in [1.82, 2.24) is 0 Å².